The van der Waals surface area contributed by atoms with Crippen LogP contribution < -0.4 is 10.0 Å². The number of hydrogen-bond acceptors (Lipinski definition) is 6. The molecule has 2 aromatic rings. The third kappa shape index (κ3) is 5.25. The fourth-order valence-corrected chi connectivity index (χ4v) is 5.19. The molecule has 1 saturated heterocycles. The summed E-state index contributed by atoms with van der Waals surface area (Å²) >= 11 is 6.31. The van der Waals surface area contributed by atoms with Crippen molar-refractivity contribution in [3.63, 3.8) is 0 Å². The quantitative estimate of drug-likeness (QED) is 0.596. The Hall–Kier alpha value is -1.60. The van der Waals surface area contributed by atoms with E-state index in [0.29, 0.717) is 41.2 Å². The van der Waals surface area contributed by atoms with Crippen LogP contribution in [0.25, 0.3) is 5.52 Å². The van der Waals surface area contributed by atoms with Crippen molar-refractivity contribution >= 4 is 33.1 Å². The van der Waals surface area contributed by atoms with Crippen LogP contribution in [0.4, 0.5) is 14.6 Å². The van der Waals surface area contributed by atoms with Crippen LogP contribution in [0.2, 0.25) is 5.15 Å². The maximum atomic E-state index is 14.0. The van der Waals surface area contributed by atoms with Gasteiger partial charge in [0.2, 0.25) is 0 Å². The molecule has 0 spiro atoms. The highest BCUT2D eigenvalue weighted by molar-refractivity contribution is 7.86. The Balaban J connectivity index is 1.83. The summed E-state index contributed by atoms with van der Waals surface area (Å²) in [5.74, 6) is -2.53. The minimum Gasteiger partial charge on any atom is -0.396 e. The predicted octanol–water partition coefficient (Wildman–Crippen LogP) is 2.00. The summed E-state index contributed by atoms with van der Waals surface area (Å²) in [5.41, 5.74) is 1.76. The van der Waals surface area contributed by atoms with E-state index < -0.39 is 41.7 Å². The van der Waals surface area contributed by atoms with Crippen LogP contribution >= 0.6 is 11.6 Å². The number of aromatic nitrogens is 3. The Kier molecular flexibility index (Phi) is 7.06. The van der Waals surface area contributed by atoms with Crippen molar-refractivity contribution in [1.82, 2.24) is 18.9 Å². The molecule has 0 bridgehead atoms. The molecule has 1 fully saturated rings. The van der Waals surface area contributed by atoms with Crippen molar-refractivity contribution in [2.75, 3.05) is 31.1 Å². The average Bonchev–Trinajstić information content (AvgIpc) is 3.03. The summed E-state index contributed by atoms with van der Waals surface area (Å²) in [4.78, 5) is 6.40. The number of nitrogens with two attached hydrogens (primary N) is 1. The molecular weight excluding hydrogens is 454 g/mol. The van der Waals surface area contributed by atoms with Crippen molar-refractivity contribution in [2.45, 2.75) is 51.0 Å². The zero-order chi connectivity index (χ0) is 23.0. The summed E-state index contributed by atoms with van der Waals surface area (Å²) in [6, 6.07) is 1.17. The van der Waals surface area contributed by atoms with Gasteiger partial charge in [-0.25, -0.2) is 23.4 Å². The number of alkyl halides is 2. The summed E-state index contributed by atoms with van der Waals surface area (Å²) in [5, 5.41) is 18.7. The highest BCUT2D eigenvalue weighted by atomic mass is 35.5. The SMILES string of the molecule is CC(C)c1cc(Cl)n2ncnc(N3CCC(N(CC(F)(F)CCO)S(N)(=O)=O)CC3)c12. The van der Waals surface area contributed by atoms with Crippen LogP contribution in [0.3, 0.4) is 0 Å². The number of rotatable bonds is 8. The molecule has 1 aliphatic heterocycles. The van der Waals surface area contributed by atoms with Gasteiger partial charge >= 0.3 is 0 Å². The van der Waals surface area contributed by atoms with Gasteiger partial charge in [0.05, 0.1) is 6.54 Å². The molecule has 31 heavy (non-hydrogen) atoms. The van der Waals surface area contributed by atoms with E-state index in [1.807, 2.05) is 24.8 Å². The maximum absolute atomic E-state index is 14.0. The highest BCUT2D eigenvalue weighted by Crippen LogP contribution is 2.34. The van der Waals surface area contributed by atoms with Gasteiger partial charge in [0.1, 0.15) is 17.0 Å². The molecule has 1 aliphatic rings. The van der Waals surface area contributed by atoms with Gasteiger partial charge in [-0.2, -0.15) is 17.8 Å². The smallest absolute Gasteiger partial charge is 0.277 e. The lowest BCUT2D eigenvalue weighted by molar-refractivity contribution is -0.0411. The second-order valence-corrected chi connectivity index (χ2v) is 9.95. The number of fused-ring (bicyclic) bond motifs is 1. The molecule has 0 amide bonds. The second-order valence-electron chi connectivity index (χ2n) is 8.06. The van der Waals surface area contributed by atoms with Gasteiger partial charge in [0.15, 0.2) is 5.82 Å². The van der Waals surface area contributed by atoms with Crippen LogP contribution in [-0.2, 0) is 10.2 Å². The Morgan fingerprint density at radius 1 is 1.39 bits per heavy atom. The van der Waals surface area contributed by atoms with Gasteiger partial charge in [-0.1, -0.05) is 25.4 Å². The van der Waals surface area contributed by atoms with E-state index in [4.69, 9.17) is 21.8 Å². The van der Waals surface area contributed by atoms with Crippen molar-refractivity contribution in [3.8, 4) is 0 Å². The summed E-state index contributed by atoms with van der Waals surface area (Å²) in [6.07, 6.45) is 1.17. The van der Waals surface area contributed by atoms with Crippen molar-refractivity contribution in [3.05, 3.63) is 23.1 Å². The van der Waals surface area contributed by atoms with Gasteiger partial charge in [0.25, 0.3) is 16.1 Å². The number of nitrogens with zero attached hydrogens (tertiary/aromatic N) is 5. The third-order valence-corrected chi connectivity index (χ3v) is 6.86. The molecular formula is C18H27ClF2N6O3S. The first-order valence-electron chi connectivity index (χ1n) is 10.00. The minimum absolute atomic E-state index is 0.177. The normalized spacial score (nSPS) is 16.7. The first-order valence-corrected chi connectivity index (χ1v) is 11.9. The lowest BCUT2D eigenvalue weighted by Crippen LogP contribution is -2.53. The van der Waals surface area contributed by atoms with Crippen LogP contribution in [0.5, 0.6) is 0 Å². The summed E-state index contributed by atoms with van der Waals surface area (Å²) < 4.78 is 54.4. The van der Waals surface area contributed by atoms with E-state index in [1.54, 1.807) is 4.52 Å². The highest BCUT2D eigenvalue weighted by Gasteiger charge is 2.40. The van der Waals surface area contributed by atoms with Gasteiger partial charge in [-0.3, -0.25) is 0 Å². The third-order valence-electron chi connectivity index (χ3n) is 5.51. The molecule has 13 heteroatoms. The van der Waals surface area contributed by atoms with E-state index in [2.05, 4.69) is 10.1 Å². The monoisotopic (exact) mass is 480 g/mol. The van der Waals surface area contributed by atoms with Gasteiger partial charge in [-0.15, -0.1) is 0 Å². The second kappa shape index (κ2) is 9.10. The average molecular weight is 481 g/mol. The standard InChI is InChI=1S/C18H27ClF2N6O3S/c1-12(2)14-9-15(19)27-16(14)17(23-11-24-27)25-6-3-13(4-7-25)26(31(22,29)30)10-18(20,21)5-8-28/h9,11-13,28H,3-8,10H2,1-2H3,(H2,22,29,30). The largest absolute Gasteiger partial charge is 0.396 e. The van der Waals surface area contributed by atoms with Crippen molar-refractivity contribution < 1.29 is 22.3 Å². The van der Waals surface area contributed by atoms with E-state index in [-0.39, 0.29) is 5.92 Å². The molecule has 0 radical (unpaired) electrons. The minimum atomic E-state index is -4.34. The summed E-state index contributed by atoms with van der Waals surface area (Å²) in [6.45, 7) is 3.06. The number of hydrogen-bond donors (Lipinski definition) is 2. The molecule has 2 aromatic heterocycles. The van der Waals surface area contributed by atoms with Crippen LogP contribution in [-0.4, -0.2) is 70.6 Å². The van der Waals surface area contributed by atoms with Crippen LogP contribution in [0.1, 0.15) is 44.6 Å². The van der Waals surface area contributed by atoms with Gasteiger partial charge in [-0.05, 0) is 30.4 Å². The topological polar surface area (TPSA) is 117 Å². The van der Waals surface area contributed by atoms with Crippen LogP contribution in [0.15, 0.2) is 12.4 Å². The molecule has 0 unspecified atom stereocenters. The number of anilines is 1. The fraction of sp³-hybridized carbons (Fsp3) is 0.667. The lowest BCUT2D eigenvalue weighted by atomic mass is 10.0. The zero-order valence-electron chi connectivity index (χ0n) is 17.4. The number of piperidine rings is 1. The maximum Gasteiger partial charge on any atom is 0.277 e. The zero-order valence-corrected chi connectivity index (χ0v) is 19.0. The first-order chi connectivity index (χ1) is 14.4. The van der Waals surface area contributed by atoms with E-state index in [0.717, 1.165) is 11.1 Å². The molecule has 0 saturated carbocycles. The van der Waals surface area contributed by atoms with Crippen molar-refractivity contribution in [1.29, 1.82) is 0 Å². The molecule has 3 heterocycles. The van der Waals surface area contributed by atoms with Gasteiger partial charge in [0, 0.05) is 32.2 Å². The molecule has 9 nitrogen and oxygen atoms in total. The Bertz CT molecular complexity index is 1020. The molecule has 174 valence electrons. The van der Waals surface area contributed by atoms with Crippen LogP contribution in [0, 0.1) is 0 Å². The molecule has 0 atom stereocenters. The summed E-state index contributed by atoms with van der Waals surface area (Å²) in [7, 11) is -4.34. The Morgan fingerprint density at radius 3 is 2.58 bits per heavy atom. The molecule has 3 N–H and O–H groups in total. The van der Waals surface area contributed by atoms with Gasteiger partial charge < -0.3 is 10.0 Å². The Labute approximate surface area is 185 Å². The fourth-order valence-electron chi connectivity index (χ4n) is 3.95. The van der Waals surface area contributed by atoms with Crippen molar-refractivity contribution in [2.24, 2.45) is 5.14 Å². The number of halogens is 3. The number of aliphatic hydroxyl groups is 1. The van der Waals surface area contributed by atoms with E-state index in [9.17, 15) is 17.2 Å². The van der Waals surface area contributed by atoms with E-state index >= 15 is 0 Å². The molecule has 0 aromatic carbocycles. The first kappa shape index (κ1) is 24.1. The molecule has 0 aliphatic carbocycles. The lowest BCUT2D eigenvalue weighted by Gasteiger charge is -2.38. The number of aliphatic hydroxyl groups excluding tert-OH is 1. The molecule has 3 rings (SSSR count). The Morgan fingerprint density at radius 2 is 2.03 bits per heavy atom. The predicted molar refractivity (Wildman–Crippen MR) is 114 cm³/mol. The van der Waals surface area contributed by atoms with E-state index in [1.165, 1.54) is 6.33 Å².